The molecule has 1 aliphatic heterocycles. The number of hydrogen-bond acceptors (Lipinski definition) is 3. The molecule has 0 saturated carbocycles. The Morgan fingerprint density at radius 1 is 0.396 bits per heavy atom. The molecule has 0 N–H and O–H groups in total. The lowest BCUT2D eigenvalue weighted by atomic mass is 9.64. The molecule has 7 aromatic carbocycles. The van der Waals surface area contributed by atoms with Crippen LogP contribution in [0.4, 0.5) is 17.1 Å². The van der Waals surface area contributed by atoms with E-state index in [1.165, 1.54) is 0 Å². The first-order chi connectivity index (χ1) is 23.7. The molecule has 7 aromatic rings. The van der Waals surface area contributed by atoms with E-state index in [0.29, 0.717) is 11.1 Å². The molecule has 0 bridgehead atoms. The SMILES string of the molecule is N#Cc1ccc2c(c1)C1(c3cc(C#N)ccc3-2)c2ccccc2N(c2cc(-c3ccccc3)cc(-c3ccccc3)c2)c2ccccc21. The van der Waals surface area contributed by atoms with Crippen molar-refractivity contribution in [2.24, 2.45) is 0 Å². The predicted octanol–water partition coefficient (Wildman–Crippen LogP) is 10.9. The zero-order valence-electron chi connectivity index (χ0n) is 25.9. The van der Waals surface area contributed by atoms with Crippen molar-refractivity contribution in [2.75, 3.05) is 4.90 Å². The normalized spacial score (nSPS) is 13.1. The Labute approximate surface area is 279 Å². The summed E-state index contributed by atoms with van der Waals surface area (Å²) >= 11 is 0. The molecule has 48 heavy (non-hydrogen) atoms. The minimum Gasteiger partial charge on any atom is -0.310 e. The van der Waals surface area contributed by atoms with E-state index >= 15 is 0 Å². The van der Waals surface area contributed by atoms with Crippen molar-refractivity contribution < 1.29 is 0 Å². The van der Waals surface area contributed by atoms with Gasteiger partial charge in [0.1, 0.15) is 0 Å². The van der Waals surface area contributed by atoms with Crippen molar-refractivity contribution >= 4 is 17.1 Å². The minimum absolute atomic E-state index is 0.613. The fourth-order valence-corrected chi connectivity index (χ4v) is 7.90. The molecule has 0 fully saturated rings. The Morgan fingerprint density at radius 3 is 1.29 bits per heavy atom. The molecule has 0 saturated heterocycles. The van der Waals surface area contributed by atoms with E-state index in [0.717, 1.165) is 72.7 Å². The van der Waals surface area contributed by atoms with E-state index in [2.05, 4.69) is 157 Å². The number of benzene rings is 7. The monoisotopic (exact) mass is 609 g/mol. The quantitative estimate of drug-likeness (QED) is 0.200. The topological polar surface area (TPSA) is 50.8 Å². The number of rotatable bonds is 3. The molecule has 1 spiro atoms. The van der Waals surface area contributed by atoms with Gasteiger partial charge >= 0.3 is 0 Å². The molecule has 3 nitrogen and oxygen atoms in total. The number of fused-ring (bicyclic) bond motifs is 9. The van der Waals surface area contributed by atoms with Crippen LogP contribution in [0.5, 0.6) is 0 Å². The predicted molar refractivity (Wildman–Crippen MR) is 192 cm³/mol. The van der Waals surface area contributed by atoms with Gasteiger partial charge < -0.3 is 4.90 Å². The first-order valence-electron chi connectivity index (χ1n) is 16.1. The summed E-state index contributed by atoms with van der Waals surface area (Å²) in [4.78, 5) is 2.38. The summed E-state index contributed by atoms with van der Waals surface area (Å²) in [6.07, 6.45) is 0. The Bertz CT molecular complexity index is 2310. The van der Waals surface area contributed by atoms with E-state index in [4.69, 9.17) is 0 Å². The summed E-state index contributed by atoms with van der Waals surface area (Å²) in [6, 6.07) is 61.9. The van der Waals surface area contributed by atoms with Crippen LogP contribution in [0.25, 0.3) is 33.4 Å². The van der Waals surface area contributed by atoms with Gasteiger partial charge in [-0.25, -0.2) is 0 Å². The Balaban J connectivity index is 1.38. The van der Waals surface area contributed by atoms with Gasteiger partial charge in [0.2, 0.25) is 0 Å². The lowest BCUT2D eigenvalue weighted by Crippen LogP contribution is -2.36. The van der Waals surface area contributed by atoms with Crippen molar-refractivity contribution in [3.05, 3.63) is 197 Å². The van der Waals surface area contributed by atoms with Gasteiger partial charge in [-0.1, -0.05) is 109 Å². The lowest BCUT2D eigenvalue weighted by molar-refractivity contribution is 0.752. The van der Waals surface area contributed by atoms with Crippen molar-refractivity contribution in [2.45, 2.75) is 5.41 Å². The highest BCUT2D eigenvalue weighted by Crippen LogP contribution is 2.63. The van der Waals surface area contributed by atoms with E-state index in [1.54, 1.807) is 0 Å². The highest BCUT2D eigenvalue weighted by Gasteiger charge is 2.52. The number of para-hydroxylation sites is 2. The maximum absolute atomic E-state index is 10.1. The van der Waals surface area contributed by atoms with Crippen LogP contribution in [0.3, 0.4) is 0 Å². The van der Waals surface area contributed by atoms with E-state index < -0.39 is 5.41 Å². The van der Waals surface area contributed by atoms with Gasteiger partial charge in [0, 0.05) is 5.69 Å². The van der Waals surface area contributed by atoms with Crippen LogP contribution >= 0.6 is 0 Å². The second-order valence-electron chi connectivity index (χ2n) is 12.4. The lowest BCUT2D eigenvalue weighted by Gasteiger charge is -2.45. The first kappa shape index (κ1) is 27.6. The third-order valence-electron chi connectivity index (χ3n) is 9.88. The molecule has 1 heterocycles. The number of nitrogens with zero attached hydrogens (tertiary/aromatic N) is 3. The fourth-order valence-electron chi connectivity index (χ4n) is 7.90. The van der Waals surface area contributed by atoms with Crippen molar-refractivity contribution in [3.8, 4) is 45.5 Å². The number of anilines is 3. The molecule has 0 unspecified atom stereocenters. The smallest absolute Gasteiger partial charge is 0.0991 e. The second-order valence-corrected chi connectivity index (χ2v) is 12.4. The first-order valence-corrected chi connectivity index (χ1v) is 16.1. The molecule has 0 aromatic heterocycles. The van der Waals surface area contributed by atoms with Crippen LogP contribution in [0, 0.1) is 22.7 Å². The van der Waals surface area contributed by atoms with E-state index in [9.17, 15) is 10.5 Å². The van der Waals surface area contributed by atoms with Crippen LogP contribution in [0.2, 0.25) is 0 Å². The molecule has 3 heteroatoms. The van der Waals surface area contributed by atoms with Crippen molar-refractivity contribution in [1.82, 2.24) is 0 Å². The Morgan fingerprint density at radius 2 is 0.833 bits per heavy atom. The molecular formula is C45H27N3. The van der Waals surface area contributed by atoms with Crippen LogP contribution in [-0.4, -0.2) is 0 Å². The van der Waals surface area contributed by atoms with Crippen molar-refractivity contribution in [1.29, 1.82) is 10.5 Å². The molecule has 222 valence electrons. The Hall–Kier alpha value is -6.68. The van der Waals surface area contributed by atoms with Crippen LogP contribution < -0.4 is 4.90 Å². The van der Waals surface area contributed by atoms with Crippen molar-refractivity contribution in [3.63, 3.8) is 0 Å². The standard InChI is InChI=1S/C45H27N3/c46-28-30-19-21-37-38-22-20-31(29-47)24-42(38)45(41(37)23-30)39-15-7-9-17-43(39)48(44-18-10-8-16-40(44)45)36-26-34(32-11-3-1-4-12-32)25-35(27-36)33-13-5-2-6-14-33/h1-27H. The van der Waals surface area contributed by atoms with Gasteiger partial charge in [-0.15, -0.1) is 0 Å². The Kier molecular flexibility index (Phi) is 6.16. The van der Waals surface area contributed by atoms with Gasteiger partial charge in [-0.05, 0) is 110 Å². The summed E-state index contributed by atoms with van der Waals surface area (Å²) in [5.41, 5.74) is 14.8. The van der Waals surface area contributed by atoms with Gasteiger partial charge in [-0.2, -0.15) is 10.5 Å². The highest BCUT2D eigenvalue weighted by molar-refractivity contribution is 5.97. The van der Waals surface area contributed by atoms with Crippen LogP contribution in [0.15, 0.2) is 164 Å². The molecule has 0 atom stereocenters. The molecule has 0 radical (unpaired) electrons. The summed E-state index contributed by atoms with van der Waals surface area (Å²) in [5.74, 6) is 0. The summed E-state index contributed by atoms with van der Waals surface area (Å²) in [7, 11) is 0. The third kappa shape index (κ3) is 3.92. The molecule has 9 rings (SSSR count). The minimum atomic E-state index is -0.729. The van der Waals surface area contributed by atoms with Gasteiger partial charge in [-0.3, -0.25) is 0 Å². The summed E-state index contributed by atoms with van der Waals surface area (Å²) in [6.45, 7) is 0. The number of hydrogen-bond donors (Lipinski definition) is 0. The second kappa shape index (κ2) is 10.7. The van der Waals surface area contributed by atoms with Crippen LogP contribution in [-0.2, 0) is 5.41 Å². The average Bonchev–Trinajstić information content (AvgIpc) is 3.44. The zero-order chi connectivity index (χ0) is 32.2. The van der Waals surface area contributed by atoms with Crippen LogP contribution in [0.1, 0.15) is 33.4 Å². The molecular weight excluding hydrogens is 583 g/mol. The number of nitriles is 2. The largest absolute Gasteiger partial charge is 0.310 e. The van der Waals surface area contributed by atoms with Gasteiger partial charge in [0.25, 0.3) is 0 Å². The average molecular weight is 610 g/mol. The third-order valence-corrected chi connectivity index (χ3v) is 9.88. The molecule has 0 amide bonds. The van der Waals surface area contributed by atoms with E-state index in [-0.39, 0.29) is 0 Å². The molecule has 1 aliphatic carbocycles. The highest BCUT2D eigenvalue weighted by atomic mass is 15.2. The maximum atomic E-state index is 10.1. The van der Waals surface area contributed by atoms with Gasteiger partial charge in [0.15, 0.2) is 0 Å². The maximum Gasteiger partial charge on any atom is 0.0991 e. The molecule has 2 aliphatic rings. The van der Waals surface area contributed by atoms with Gasteiger partial charge in [0.05, 0.1) is 40.1 Å². The zero-order valence-corrected chi connectivity index (χ0v) is 25.9. The summed E-state index contributed by atoms with van der Waals surface area (Å²) < 4.78 is 0. The van der Waals surface area contributed by atoms with E-state index in [1.807, 2.05) is 24.3 Å². The summed E-state index contributed by atoms with van der Waals surface area (Å²) in [5, 5.41) is 20.1. The fraction of sp³-hybridized carbons (Fsp3) is 0.0222.